The first kappa shape index (κ1) is 8.02. The fraction of sp³-hybridized carbons (Fsp3) is 0.200. The van der Waals surface area contributed by atoms with Crippen molar-refractivity contribution in [3.8, 4) is 0 Å². The molecule has 1 aliphatic heterocycles. The van der Waals surface area contributed by atoms with Crippen molar-refractivity contribution < 1.29 is 4.74 Å². The molecule has 0 amide bonds. The van der Waals surface area contributed by atoms with Gasteiger partial charge in [0.15, 0.2) is 0 Å². The lowest BCUT2D eigenvalue weighted by atomic mass is 10.1. The van der Waals surface area contributed by atoms with E-state index in [0.29, 0.717) is 6.10 Å². The third-order valence-electron chi connectivity index (χ3n) is 1.44. The second kappa shape index (κ2) is 3.94. The van der Waals surface area contributed by atoms with Gasteiger partial charge in [-0.1, -0.05) is 43.5 Å². The molecule has 58 valence electrons. The van der Waals surface area contributed by atoms with Crippen LogP contribution in [0.25, 0.3) is 0 Å². The first-order valence-corrected chi connectivity index (χ1v) is 3.62. The molecule has 0 aromatic carbocycles. The van der Waals surface area contributed by atoms with Crippen LogP contribution in [0.2, 0.25) is 0 Å². The van der Waals surface area contributed by atoms with Crippen molar-refractivity contribution in [1.82, 2.24) is 0 Å². The molecule has 1 heterocycles. The van der Waals surface area contributed by atoms with Crippen LogP contribution in [-0.4, -0.2) is 12.7 Å². The molecule has 0 aliphatic carbocycles. The van der Waals surface area contributed by atoms with Crippen LogP contribution >= 0.6 is 0 Å². The minimum absolute atomic E-state index is 0.296. The monoisotopic (exact) mass is 148 g/mol. The summed E-state index contributed by atoms with van der Waals surface area (Å²) in [6.45, 7) is 8.05. The molecule has 1 nitrogen and oxygen atoms in total. The lowest BCUT2D eigenvalue weighted by molar-refractivity contribution is 0.434. The molecule has 11 heavy (non-hydrogen) atoms. The van der Waals surface area contributed by atoms with E-state index in [4.69, 9.17) is 4.74 Å². The summed E-state index contributed by atoms with van der Waals surface area (Å²) in [6.07, 6.45) is 9.66. The average Bonchev–Trinajstić information content (AvgIpc) is 2.80. The van der Waals surface area contributed by atoms with Crippen molar-refractivity contribution in [2.45, 2.75) is 6.10 Å². The molecule has 1 fully saturated rings. The molecule has 1 aliphatic rings. The van der Waals surface area contributed by atoms with Crippen LogP contribution in [0.3, 0.4) is 0 Å². The molecule has 0 saturated carbocycles. The van der Waals surface area contributed by atoms with Gasteiger partial charge in [-0.25, -0.2) is 0 Å². The SMILES string of the molecule is C=C/C=C\C(=C/C=C)C1CO1. The normalized spacial score (nSPS) is 23.6. The Morgan fingerprint density at radius 1 is 1.36 bits per heavy atom. The summed E-state index contributed by atoms with van der Waals surface area (Å²) in [5.74, 6) is 0. The summed E-state index contributed by atoms with van der Waals surface area (Å²) in [7, 11) is 0. The predicted molar refractivity (Wildman–Crippen MR) is 47.4 cm³/mol. The molecular weight excluding hydrogens is 136 g/mol. The highest BCUT2D eigenvalue weighted by Crippen LogP contribution is 2.20. The van der Waals surface area contributed by atoms with Gasteiger partial charge in [0.05, 0.1) is 6.61 Å². The van der Waals surface area contributed by atoms with E-state index in [1.54, 1.807) is 12.2 Å². The Morgan fingerprint density at radius 2 is 2.09 bits per heavy atom. The largest absolute Gasteiger partial charge is 0.368 e. The Morgan fingerprint density at radius 3 is 2.55 bits per heavy atom. The quantitative estimate of drug-likeness (QED) is 0.440. The highest BCUT2D eigenvalue weighted by atomic mass is 16.6. The Hall–Kier alpha value is -1.08. The van der Waals surface area contributed by atoms with E-state index in [1.165, 1.54) is 5.57 Å². The summed E-state index contributed by atoms with van der Waals surface area (Å²) in [5.41, 5.74) is 1.17. The molecule has 1 unspecified atom stereocenters. The number of allylic oxidation sites excluding steroid dienone is 4. The zero-order chi connectivity index (χ0) is 8.10. The van der Waals surface area contributed by atoms with Crippen LogP contribution in [0.4, 0.5) is 0 Å². The van der Waals surface area contributed by atoms with Crippen molar-refractivity contribution >= 4 is 0 Å². The van der Waals surface area contributed by atoms with Crippen LogP contribution in [0.15, 0.2) is 49.1 Å². The molecule has 1 atom stereocenters. The summed E-state index contributed by atoms with van der Waals surface area (Å²) >= 11 is 0. The van der Waals surface area contributed by atoms with Gasteiger partial charge in [-0.3, -0.25) is 0 Å². The van der Waals surface area contributed by atoms with E-state index in [-0.39, 0.29) is 0 Å². The Labute approximate surface area is 67.4 Å². The van der Waals surface area contributed by atoms with Gasteiger partial charge >= 0.3 is 0 Å². The van der Waals surface area contributed by atoms with Crippen LogP contribution in [0.5, 0.6) is 0 Å². The number of epoxide rings is 1. The molecule has 0 N–H and O–H groups in total. The molecular formula is C10H12O. The van der Waals surface area contributed by atoms with E-state index in [0.717, 1.165) is 6.61 Å². The Kier molecular flexibility index (Phi) is 2.87. The molecule has 1 rings (SSSR count). The number of hydrogen-bond donors (Lipinski definition) is 0. The van der Waals surface area contributed by atoms with Crippen LogP contribution in [0, 0.1) is 0 Å². The van der Waals surface area contributed by atoms with Gasteiger partial charge in [0.1, 0.15) is 6.10 Å². The van der Waals surface area contributed by atoms with Crippen molar-refractivity contribution in [2.75, 3.05) is 6.61 Å². The molecule has 0 aromatic heterocycles. The van der Waals surface area contributed by atoms with Gasteiger partial charge in [0.2, 0.25) is 0 Å². The summed E-state index contributed by atoms with van der Waals surface area (Å²) < 4.78 is 5.12. The number of rotatable bonds is 4. The highest BCUT2D eigenvalue weighted by molar-refractivity contribution is 5.31. The van der Waals surface area contributed by atoms with E-state index in [2.05, 4.69) is 13.2 Å². The van der Waals surface area contributed by atoms with Crippen molar-refractivity contribution in [1.29, 1.82) is 0 Å². The average molecular weight is 148 g/mol. The van der Waals surface area contributed by atoms with Gasteiger partial charge in [-0.15, -0.1) is 0 Å². The molecule has 0 spiro atoms. The summed E-state index contributed by atoms with van der Waals surface area (Å²) in [6, 6.07) is 0. The fourth-order valence-corrected chi connectivity index (χ4v) is 0.826. The molecule has 1 heteroatoms. The maximum atomic E-state index is 5.12. The van der Waals surface area contributed by atoms with Gasteiger partial charge in [0, 0.05) is 0 Å². The topological polar surface area (TPSA) is 12.5 Å². The lowest BCUT2D eigenvalue weighted by Gasteiger charge is -1.91. The van der Waals surface area contributed by atoms with Gasteiger partial charge in [-0.05, 0) is 5.57 Å². The second-order valence-corrected chi connectivity index (χ2v) is 2.32. The first-order valence-electron chi connectivity index (χ1n) is 3.62. The predicted octanol–water partition coefficient (Wildman–Crippen LogP) is 2.24. The molecule has 0 aromatic rings. The number of ether oxygens (including phenoxy) is 1. The van der Waals surface area contributed by atoms with E-state index >= 15 is 0 Å². The Balaban J connectivity index is 2.58. The maximum Gasteiger partial charge on any atom is 0.106 e. The minimum Gasteiger partial charge on any atom is -0.368 e. The van der Waals surface area contributed by atoms with Crippen molar-refractivity contribution in [3.63, 3.8) is 0 Å². The van der Waals surface area contributed by atoms with Gasteiger partial charge < -0.3 is 4.74 Å². The first-order chi connectivity index (χ1) is 5.38. The van der Waals surface area contributed by atoms with Crippen molar-refractivity contribution in [3.05, 3.63) is 49.1 Å². The Bertz CT molecular complexity index is 207. The maximum absolute atomic E-state index is 5.12. The summed E-state index contributed by atoms with van der Waals surface area (Å²) in [5, 5.41) is 0. The standard InChI is InChI=1S/C10H12O/c1-3-5-7-9(6-4-2)10-8-11-10/h3-7,10H,1-2,8H2/b7-5-,9-6+. The van der Waals surface area contributed by atoms with E-state index < -0.39 is 0 Å². The van der Waals surface area contributed by atoms with Gasteiger partial charge in [0.25, 0.3) is 0 Å². The smallest absolute Gasteiger partial charge is 0.106 e. The number of hydrogen-bond acceptors (Lipinski definition) is 1. The lowest BCUT2D eigenvalue weighted by Crippen LogP contribution is -1.86. The summed E-state index contributed by atoms with van der Waals surface area (Å²) in [4.78, 5) is 0. The van der Waals surface area contributed by atoms with Crippen molar-refractivity contribution in [2.24, 2.45) is 0 Å². The van der Waals surface area contributed by atoms with Gasteiger partial charge in [-0.2, -0.15) is 0 Å². The van der Waals surface area contributed by atoms with Crippen LogP contribution < -0.4 is 0 Å². The highest BCUT2D eigenvalue weighted by Gasteiger charge is 2.24. The molecule has 0 radical (unpaired) electrons. The fourth-order valence-electron chi connectivity index (χ4n) is 0.826. The van der Waals surface area contributed by atoms with E-state index in [1.807, 2.05) is 18.2 Å². The molecule has 1 saturated heterocycles. The zero-order valence-electron chi connectivity index (χ0n) is 6.49. The van der Waals surface area contributed by atoms with Crippen LogP contribution in [-0.2, 0) is 4.74 Å². The molecule has 0 bridgehead atoms. The van der Waals surface area contributed by atoms with Crippen LogP contribution in [0.1, 0.15) is 0 Å². The zero-order valence-corrected chi connectivity index (χ0v) is 6.49. The third kappa shape index (κ3) is 2.56. The second-order valence-electron chi connectivity index (χ2n) is 2.32. The van der Waals surface area contributed by atoms with E-state index in [9.17, 15) is 0 Å². The third-order valence-corrected chi connectivity index (χ3v) is 1.44. The minimum atomic E-state index is 0.296.